The van der Waals surface area contributed by atoms with Crippen LogP contribution in [-0.4, -0.2) is 72.7 Å². The molecular formula is C34H40N4O3. The van der Waals surface area contributed by atoms with Crippen LogP contribution in [0.1, 0.15) is 46.5 Å². The van der Waals surface area contributed by atoms with Crippen molar-refractivity contribution >= 4 is 29.7 Å². The van der Waals surface area contributed by atoms with Crippen LogP contribution in [0.4, 0.5) is 0 Å². The zero-order valence-electron chi connectivity index (χ0n) is 24.0. The van der Waals surface area contributed by atoms with E-state index in [2.05, 4.69) is 51.6 Å². The summed E-state index contributed by atoms with van der Waals surface area (Å²) in [6, 6.07) is 24.6. The van der Waals surface area contributed by atoms with E-state index in [0.717, 1.165) is 56.0 Å². The molecule has 1 aliphatic heterocycles. The van der Waals surface area contributed by atoms with E-state index in [0.29, 0.717) is 12.0 Å². The smallest absolute Gasteiger partial charge is 0.252 e. The second-order valence-corrected chi connectivity index (χ2v) is 10.5. The normalized spacial score (nSPS) is 15.0. The van der Waals surface area contributed by atoms with E-state index in [9.17, 15) is 14.4 Å². The SMILES string of the molecule is CCN1CCN(Cc2ccc(C=Cc3ccccc3C(=O)N[C@@H](Cc3ccccc3)C(=O)CNC(C)=O)cc2)CC1. The van der Waals surface area contributed by atoms with Gasteiger partial charge in [0.15, 0.2) is 5.78 Å². The minimum atomic E-state index is -0.772. The molecule has 2 amide bonds. The number of ketones is 1. The molecule has 0 radical (unpaired) electrons. The zero-order chi connectivity index (χ0) is 29.0. The van der Waals surface area contributed by atoms with Gasteiger partial charge in [0.2, 0.25) is 5.91 Å². The Morgan fingerprint density at radius 3 is 2.15 bits per heavy atom. The van der Waals surface area contributed by atoms with Crippen molar-refractivity contribution in [3.05, 3.63) is 107 Å². The first kappa shape index (κ1) is 29.9. The molecule has 7 nitrogen and oxygen atoms in total. The van der Waals surface area contributed by atoms with E-state index < -0.39 is 6.04 Å². The molecule has 4 rings (SSSR count). The van der Waals surface area contributed by atoms with Crippen LogP contribution in [0.15, 0.2) is 78.9 Å². The number of nitrogens with zero attached hydrogens (tertiary/aromatic N) is 2. The molecule has 7 heteroatoms. The number of nitrogens with one attached hydrogen (secondary N) is 2. The number of hydrogen-bond acceptors (Lipinski definition) is 5. The molecule has 1 atom stereocenters. The Kier molecular flexibility index (Phi) is 11.0. The fourth-order valence-corrected chi connectivity index (χ4v) is 4.96. The Morgan fingerprint density at radius 1 is 0.805 bits per heavy atom. The van der Waals surface area contributed by atoms with Crippen molar-refractivity contribution in [3.63, 3.8) is 0 Å². The van der Waals surface area contributed by atoms with Crippen molar-refractivity contribution in [1.29, 1.82) is 0 Å². The maximum atomic E-state index is 13.4. The molecule has 1 saturated heterocycles. The van der Waals surface area contributed by atoms with Gasteiger partial charge in [0.1, 0.15) is 0 Å². The average Bonchev–Trinajstić information content (AvgIpc) is 3.00. The van der Waals surface area contributed by atoms with Gasteiger partial charge >= 0.3 is 0 Å². The predicted molar refractivity (Wildman–Crippen MR) is 164 cm³/mol. The molecule has 0 aromatic heterocycles. The molecule has 0 aliphatic carbocycles. The van der Waals surface area contributed by atoms with Gasteiger partial charge in [0.25, 0.3) is 5.91 Å². The highest BCUT2D eigenvalue weighted by molar-refractivity contribution is 6.01. The average molecular weight is 553 g/mol. The largest absolute Gasteiger partial charge is 0.349 e. The molecule has 1 aliphatic rings. The summed E-state index contributed by atoms with van der Waals surface area (Å²) in [6.07, 6.45) is 4.27. The fourth-order valence-electron chi connectivity index (χ4n) is 4.96. The summed E-state index contributed by atoms with van der Waals surface area (Å²) < 4.78 is 0. The second-order valence-electron chi connectivity index (χ2n) is 10.5. The first-order valence-electron chi connectivity index (χ1n) is 14.3. The van der Waals surface area contributed by atoms with Crippen molar-refractivity contribution in [2.24, 2.45) is 0 Å². The maximum Gasteiger partial charge on any atom is 0.252 e. The summed E-state index contributed by atoms with van der Waals surface area (Å²) in [5.74, 6) is -0.875. The third kappa shape index (κ3) is 9.23. The summed E-state index contributed by atoms with van der Waals surface area (Å²) in [7, 11) is 0. The number of carbonyl (C=O) groups is 3. The third-order valence-corrected chi connectivity index (χ3v) is 7.45. The molecule has 214 valence electrons. The van der Waals surface area contributed by atoms with E-state index >= 15 is 0 Å². The molecule has 2 N–H and O–H groups in total. The van der Waals surface area contributed by atoms with Crippen LogP contribution >= 0.6 is 0 Å². The van der Waals surface area contributed by atoms with Crippen LogP contribution < -0.4 is 10.6 Å². The minimum absolute atomic E-state index is 0.139. The summed E-state index contributed by atoms with van der Waals surface area (Å²) in [6.45, 7) is 9.95. The van der Waals surface area contributed by atoms with Crippen LogP contribution in [0.3, 0.4) is 0 Å². The lowest BCUT2D eigenvalue weighted by molar-refractivity contribution is -0.124. The first-order chi connectivity index (χ1) is 19.9. The van der Waals surface area contributed by atoms with Gasteiger partial charge in [0, 0.05) is 45.2 Å². The molecule has 0 unspecified atom stereocenters. The van der Waals surface area contributed by atoms with Gasteiger partial charge in [-0.3, -0.25) is 19.3 Å². The molecular weight excluding hydrogens is 512 g/mol. The van der Waals surface area contributed by atoms with Crippen LogP contribution in [0.5, 0.6) is 0 Å². The second kappa shape index (κ2) is 15.1. The number of piperazine rings is 1. The molecule has 0 spiro atoms. The molecule has 41 heavy (non-hydrogen) atoms. The number of carbonyl (C=O) groups excluding carboxylic acids is 3. The highest BCUT2D eigenvalue weighted by Gasteiger charge is 2.23. The number of hydrogen-bond donors (Lipinski definition) is 2. The Balaban J connectivity index is 1.42. The highest BCUT2D eigenvalue weighted by atomic mass is 16.2. The van der Waals surface area contributed by atoms with E-state index in [1.54, 1.807) is 6.07 Å². The Bertz CT molecular complexity index is 1330. The van der Waals surface area contributed by atoms with Crippen LogP contribution in [0.2, 0.25) is 0 Å². The Morgan fingerprint density at radius 2 is 1.46 bits per heavy atom. The monoisotopic (exact) mass is 552 g/mol. The van der Waals surface area contributed by atoms with Crippen molar-refractivity contribution < 1.29 is 14.4 Å². The molecule has 1 fully saturated rings. The molecule has 3 aromatic carbocycles. The maximum absolute atomic E-state index is 13.4. The van der Waals surface area contributed by atoms with E-state index in [-0.39, 0.29) is 24.1 Å². The molecule has 0 bridgehead atoms. The quantitative estimate of drug-likeness (QED) is 0.332. The van der Waals surface area contributed by atoms with Gasteiger partial charge in [0.05, 0.1) is 12.6 Å². The van der Waals surface area contributed by atoms with Crippen LogP contribution in [0, 0.1) is 0 Å². The van der Waals surface area contributed by atoms with Crippen molar-refractivity contribution in [3.8, 4) is 0 Å². The topological polar surface area (TPSA) is 81.8 Å². The Hall–Kier alpha value is -4.07. The fraction of sp³-hybridized carbons (Fsp3) is 0.324. The number of benzene rings is 3. The van der Waals surface area contributed by atoms with Crippen molar-refractivity contribution in [2.75, 3.05) is 39.3 Å². The predicted octanol–water partition coefficient (Wildman–Crippen LogP) is 4.04. The van der Waals surface area contributed by atoms with E-state index in [1.807, 2.05) is 60.7 Å². The van der Waals surface area contributed by atoms with Gasteiger partial charge in [-0.15, -0.1) is 0 Å². The first-order valence-corrected chi connectivity index (χ1v) is 14.3. The summed E-state index contributed by atoms with van der Waals surface area (Å²) >= 11 is 0. The number of amides is 2. The number of Topliss-reactive ketones (excluding diaryl/α,β-unsaturated/α-hetero) is 1. The highest BCUT2D eigenvalue weighted by Crippen LogP contribution is 2.16. The Labute approximate surface area is 243 Å². The lowest BCUT2D eigenvalue weighted by Gasteiger charge is -2.34. The van der Waals surface area contributed by atoms with E-state index in [1.165, 1.54) is 12.5 Å². The van der Waals surface area contributed by atoms with Gasteiger partial charge < -0.3 is 15.5 Å². The standard InChI is InChI=1S/C34H40N4O3/c1-3-37-19-21-38(22-20-37)25-29-15-13-27(14-16-29)17-18-30-11-7-8-12-31(30)34(41)36-32(33(40)24-35-26(2)39)23-28-9-5-4-6-10-28/h4-18,32H,3,19-25H2,1-2H3,(H,35,39)(H,36,41)/t32-/m0/s1. The summed E-state index contributed by atoms with van der Waals surface area (Å²) in [5.41, 5.74) is 4.51. The number of likely N-dealkylation sites (N-methyl/N-ethyl adjacent to an activating group) is 1. The van der Waals surface area contributed by atoms with Gasteiger partial charge in [-0.25, -0.2) is 0 Å². The summed E-state index contributed by atoms with van der Waals surface area (Å²) in [4.78, 5) is 42.7. The van der Waals surface area contributed by atoms with Gasteiger partial charge in [-0.2, -0.15) is 0 Å². The van der Waals surface area contributed by atoms with Gasteiger partial charge in [-0.1, -0.05) is 91.9 Å². The third-order valence-electron chi connectivity index (χ3n) is 7.45. The van der Waals surface area contributed by atoms with Crippen LogP contribution in [-0.2, 0) is 22.6 Å². The lowest BCUT2D eigenvalue weighted by Crippen LogP contribution is -2.46. The number of rotatable bonds is 12. The van der Waals surface area contributed by atoms with Crippen LogP contribution in [0.25, 0.3) is 12.2 Å². The molecule has 1 heterocycles. The van der Waals surface area contributed by atoms with E-state index in [4.69, 9.17) is 0 Å². The lowest BCUT2D eigenvalue weighted by atomic mass is 10.00. The molecule has 0 saturated carbocycles. The minimum Gasteiger partial charge on any atom is -0.349 e. The van der Waals surface area contributed by atoms with Crippen molar-refractivity contribution in [2.45, 2.75) is 32.9 Å². The van der Waals surface area contributed by atoms with Crippen molar-refractivity contribution in [1.82, 2.24) is 20.4 Å². The summed E-state index contributed by atoms with van der Waals surface area (Å²) in [5, 5.41) is 5.46. The molecule has 3 aromatic rings. The zero-order valence-corrected chi connectivity index (χ0v) is 24.0. The van der Waals surface area contributed by atoms with Gasteiger partial charge in [-0.05, 0) is 41.3 Å².